The lowest BCUT2D eigenvalue weighted by Gasteiger charge is -2.29. The molecule has 0 aliphatic heterocycles. The highest BCUT2D eigenvalue weighted by Crippen LogP contribution is 2.39. The Balaban J connectivity index is 1.90. The lowest BCUT2D eigenvalue weighted by Crippen LogP contribution is -2.14. The lowest BCUT2D eigenvalue weighted by atomic mass is 9.77. The van der Waals surface area contributed by atoms with E-state index in [1.54, 1.807) is 12.1 Å². The highest BCUT2D eigenvalue weighted by atomic mass is 19.1. The average Bonchev–Trinajstić information content (AvgIpc) is 2.55. The van der Waals surface area contributed by atoms with Gasteiger partial charge in [0.15, 0.2) is 0 Å². The summed E-state index contributed by atoms with van der Waals surface area (Å²) in [6, 6.07) is 5.27. The molecule has 1 aromatic rings. The van der Waals surface area contributed by atoms with E-state index in [1.807, 2.05) is 6.07 Å². The van der Waals surface area contributed by atoms with E-state index < -0.39 is 0 Å². The minimum Gasteiger partial charge on any atom is -0.494 e. The fourth-order valence-corrected chi connectivity index (χ4v) is 3.59. The quantitative estimate of drug-likeness (QED) is 0.500. The van der Waals surface area contributed by atoms with Crippen LogP contribution < -0.4 is 4.74 Å². The predicted molar refractivity (Wildman–Crippen MR) is 91.0 cm³/mol. The van der Waals surface area contributed by atoms with Crippen molar-refractivity contribution in [2.45, 2.75) is 77.6 Å². The molecule has 2 heteroatoms. The minimum atomic E-state index is -0.0571. The summed E-state index contributed by atoms with van der Waals surface area (Å²) in [5, 5.41) is 0. The molecule has 1 aliphatic rings. The molecule has 0 bridgehead atoms. The summed E-state index contributed by atoms with van der Waals surface area (Å²) in [6.07, 6.45) is 11.1. The van der Waals surface area contributed by atoms with Crippen LogP contribution in [-0.2, 0) is 0 Å². The molecule has 0 amide bonds. The molecule has 2 rings (SSSR count). The van der Waals surface area contributed by atoms with Crippen LogP contribution in [0.2, 0.25) is 0 Å². The van der Waals surface area contributed by atoms with Crippen LogP contribution >= 0.6 is 0 Å². The number of benzene rings is 1. The second-order valence-electron chi connectivity index (χ2n) is 6.75. The Morgan fingerprint density at radius 2 is 1.82 bits per heavy atom. The molecule has 0 unspecified atom stereocenters. The zero-order valence-corrected chi connectivity index (χ0v) is 14.2. The van der Waals surface area contributed by atoms with Gasteiger partial charge in [0.05, 0.1) is 6.61 Å². The van der Waals surface area contributed by atoms with Crippen molar-refractivity contribution in [3.8, 4) is 5.75 Å². The number of hydrogen-bond donors (Lipinski definition) is 0. The summed E-state index contributed by atoms with van der Waals surface area (Å²) in [7, 11) is 0. The van der Waals surface area contributed by atoms with Crippen molar-refractivity contribution in [1.29, 1.82) is 0 Å². The molecule has 124 valence electrons. The van der Waals surface area contributed by atoms with E-state index in [2.05, 4.69) is 13.8 Å². The Bertz CT molecular complexity index is 435. The summed E-state index contributed by atoms with van der Waals surface area (Å²) in [5.74, 6) is 2.01. The van der Waals surface area contributed by atoms with Crippen LogP contribution in [0.1, 0.15) is 83.1 Å². The van der Waals surface area contributed by atoms with E-state index >= 15 is 0 Å². The van der Waals surface area contributed by atoms with Gasteiger partial charge in [0, 0.05) is 0 Å². The first-order chi connectivity index (χ1) is 10.7. The van der Waals surface area contributed by atoms with Crippen LogP contribution in [0.5, 0.6) is 5.75 Å². The maximum Gasteiger partial charge on any atom is 0.126 e. The first kappa shape index (κ1) is 17.3. The standard InChI is InChI=1S/C20H31FO/c1-3-5-6-7-16-8-10-17(11-9-16)19-15-18(22-14-4-2)12-13-20(19)21/h12-13,15-17H,3-11,14H2,1-2H3. The van der Waals surface area contributed by atoms with Crippen molar-refractivity contribution < 1.29 is 9.13 Å². The molecule has 1 aliphatic carbocycles. The Kier molecular flexibility index (Phi) is 7.21. The Hall–Kier alpha value is -1.05. The third kappa shape index (κ3) is 5.00. The number of unbranched alkanes of at least 4 members (excludes halogenated alkanes) is 2. The Morgan fingerprint density at radius 3 is 2.50 bits per heavy atom. The molecular formula is C20H31FO. The van der Waals surface area contributed by atoms with Gasteiger partial charge in [-0.2, -0.15) is 0 Å². The largest absolute Gasteiger partial charge is 0.494 e. The summed E-state index contributed by atoms with van der Waals surface area (Å²) < 4.78 is 19.8. The van der Waals surface area contributed by atoms with Gasteiger partial charge in [-0.3, -0.25) is 0 Å². The smallest absolute Gasteiger partial charge is 0.126 e. The van der Waals surface area contributed by atoms with Crippen molar-refractivity contribution in [2.24, 2.45) is 5.92 Å². The topological polar surface area (TPSA) is 9.23 Å². The van der Waals surface area contributed by atoms with Crippen LogP contribution in [0.3, 0.4) is 0 Å². The van der Waals surface area contributed by atoms with Gasteiger partial charge >= 0.3 is 0 Å². The van der Waals surface area contributed by atoms with Crippen molar-refractivity contribution >= 4 is 0 Å². The number of hydrogen-bond acceptors (Lipinski definition) is 1. The van der Waals surface area contributed by atoms with Crippen molar-refractivity contribution in [3.05, 3.63) is 29.6 Å². The third-order valence-electron chi connectivity index (χ3n) is 4.94. The molecule has 0 N–H and O–H groups in total. The summed E-state index contributed by atoms with van der Waals surface area (Å²) in [5.41, 5.74) is 0.876. The molecule has 0 saturated heterocycles. The molecule has 1 nitrogen and oxygen atoms in total. The summed E-state index contributed by atoms with van der Waals surface area (Å²) in [4.78, 5) is 0. The van der Waals surface area contributed by atoms with Gasteiger partial charge in [-0.1, -0.05) is 39.5 Å². The van der Waals surface area contributed by atoms with Gasteiger partial charge in [0.1, 0.15) is 11.6 Å². The Labute approximate surface area is 135 Å². The summed E-state index contributed by atoms with van der Waals surface area (Å²) >= 11 is 0. The first-order valence-electron chi connectivity index (χ1n) is 9.16. The van der Waals surface area contributed by atoms with Gasteiger partial charge in [-0.25, -0.2) is 4.39 Å². The average molecular weight is 306 g/mol. The monoisotopic (exact) mass is 306 g/mol. The highest BCUT2D eigenvalue weighted by molar-refractivity contribution is 5.32. The number of halogens is 1. The van der Waals surface area contributed by atoms with Crippen molar-refractivity contribution in [3.63, 3.8) is 0 Å². The second kappa shape index (κ2) is 9.17. The van der Waals surface area contributed by atoms with Crippen molar-refractivity contribution in [1.82, 2.24) is 0 Å². The molecule has 0 aromatic heterocycles. The molecule has 0 spiro atoms. The molecular weight excluding hydrogens is 275 g/mol. The fourth-order valence-electron chi connectivity index (χ4n) is 3.59. The third-order valence-corrected chi connectivity index (χ3v) is 4.94. The van der Waals surface area contributed by atoms with Crippen LogP contribution in [0, 0.1) is 11.7 Å². The Morgan fingerprint density at radius 1 is 1.05 bits per heavy atom. The van der Waals surface area contributed by atoms with Crippen LogP contribution in [0.15, 0.2) is 18.2 Å². The van der Waals surface area contributed by atoms with Gasteiger partial charge < -0.3 is 4.74 Å². The van der Waals surface area contributed by atoms with E-state index in [4.69, 9.17) is 4.74 Å². The molecule has 0 heterocycles. The van der Waals surface area contributed by atoms with Crippen LogP contribution in [0.25, 0.3) is 0 Å². The van der Waals surface area contributed by atoms with Gasteiger partial charge in [0.25, 0.3) is 0 Å². The summed E-state index contributed by atoms with van der Waals surface area (Å²) in [6.45, 7) is 5.05. The zero-order valence-electron chi connectivity index (χ0n) is 14.2. The molecule has 1 saturated carbocycles. The maximum atomic E-state index is 14.2. The zero-order chi connectivity index (χ0) is 15.8. The van der Waals surface area contributed by atoms with Gasteiger partial charge in [-0.05, 0) is 67.7 Å². The van der Waals surface area contributed by atoms with E-state index in [1.165, 1.54) is 38.5 Å². The SMILES string of the molecule is CCCCCC1CCC(c2cc(OCCC)ccc2F)CC1. The normalized spacial score (nSPS) is 21.8. The highest BCUT2D eigenvalue weighted by Gasteiger charge is 2.24. The van der Waals surface area contributed by atoms with Crippen LogP contribution in [-0.4, -0.2) is 6.61 Å². The van der Waals surface area contributed by atoms with E-state index in [-0.39, 0.29) is 5.82 Å². The van der Waals surface area contributed by atoms with Crippen LogP contribution in [0.4, 0.5) is 4.39 Å². The number of rotatable bonds is 8. The lowest BCUT2D eigenvalue weighted by molar-refractivity contribution is 0.295. The van der Waals surface area contributed by atoms with Gasteiger partial charge in [-0.15, -0.1) is 0 Å². The molecule has 22 heavy (non-hydrogen) atoms. The molecule has 0 atom stereocenters. The fraction of sp³-hybridized carbons (Fsp3) is 0.700. The minimum absolute atomic E-state index is 0.0571. The first-order valence-corrected chi connectivity index (χ1v) is 9.16. The number of ether oxygens (including phenoxy) is 1. The van der Waals surface area contributed by atoms with Gasteiger partial charge in [0.2, 0.25) is 0 Å². The predicted octanol–water partition coefficient (Wildman–Crippen LogP) is 6.47. The maximum absolute atomic E-state index is 14.2. The van der Waals surface area contributed by atoms with E-state index in [0.29, 0.717) is 12.5 Å². The van der Waals surface area contributed by atoms with E-state index in [9.17, 15) is 4.39 Å². The van der Waals surface area contributed by atoms with Crippen molar-refractivity contribution in [2.75, 3.05) is 6.61 Å². The van der Waals surface area contributed by atoms with E-state index in [0.717, 1.165) is 36.5 Å². The molecule has 0 radical (unpaired) electrons. The second-order valence-corrected chi connectivity index (χ2v) is 6.75. The molecule has 1 fully saturated rings. The molecule has 1 aromatic carbocycles.